The van der Waals surface area contributed by atoms with Crippen LogP contribution in [0.4, 0.5) is 0 Å². The molecule has 0 bridgehead atoms. The second-order valence-corrected chi connectivity index (χ2v) is 8.94. The van der Waals surface area contributed by atoms with E-state index in [1.807, 2.05) is 12.1 Å². The van der Waals surface area contributed by atoms with E-state index in [9.17, 15) is 30.6 Å². The molecule has 8 atom stereocenters. The molecule has 8 heteroatoms. The molecule has 6 N–H and O–H groups in total. The van der Waals surface area contributed by atoms with Crippen molar-refractivity contribution in [1.29, 1.82) is 0 Å². The Kier molecular flexibility index (Phi) is 6.33. The molecule has 0 radical (unpaired) electrons. The lowest BCUT2D eigenvalue weighted by molar-refractivity contribution is -0.277. The highest BCUT2D eigenvalue weighted by Crippen LogP contribution is 2.47. The largest absolute Gasteiger partial charge is 0.508 e. The molecule has 0 spiro atoms. The third kappa shape index (κ3) is 4.04. The van der Waals surface area contributed by atoms with Crippen molar-refractivity contribution in [1.82, 2.24) is 0 Å². The number of phenols is 2. The zero-order chi connectivity index (χ0) is 23.2. The number of aliphatic hydroxyl groups is 4. The molecule has 2 aromatic rings. The van der Waals surface area contributed by atoms with Gasteiger partial charge in [-0.1, -0.05) is 26.0 Å². The summed E-state index contributed by atoms with van der Waals surface area (Å²) in [5.41, 5.74) is 2.97. The molecule has 2 aliphatic rings. The SMILES string of the molecule is C[C@H]1[C@H](c2ccc(O)cc2)c2cc(O)c(O[C@@H]3O[C@H](CO)[C@@H](O)[C@H](O)[C@H]3O)cc2C[C@H]1C. The molecular weight excluding hydrogens is 416 g/mol. The molecule has 1 aliphatic heterocycles. The Bertz CT molecular complexity index is 944. The number of rotatable bonds is 4. The molecule has 1 heterocycles. The van der Waals surface area contributed by atoms with Crippen LogP contribution in [-0.2, 0) is 11.2 Å². The predicted octanol–water partition coefficient (Wildman–Crippen LogP) is 1.24. The lowest BCUT2D eigenvalue weighted by Gasteiger charge is -2.40. The van der Waals surface area contributed by atoms with Crippen LogP contribution in [0.5, 0.6) is 17.2 Å². The summed E-state index contributed by atoms with van der Waals surface area (Å²) in [5, 5.41) is 60.0. The first-order valence-electron chi connectivity index (χ1n) is 10.8. The number of fused-ring (bicyclic) bond motifs is 1. The Morgan fingerprint density at radius 2 is 1.66 bits per heavy atom. The average Bonchev–Trinajstić information content (AvgIpc) is 2.77. The van der Waals surface area contributed by atoms with Crippen LogP contribution in [0.2, 0.25) is 0 Å². The fraction of sp³-hybridized carbons (Fsp3) is 0.500. The third-order valence-electron chi connectivity index (χ3n) is 6.86. The maximum atomic E-state index is 10.7. The number of aromatic hydroxyl groups is 2. The summed E-state index contributed by atoms with van der Waals surface area (Å²) in [6.07, 6.45) is -6.32. The molecule has 8 nitrogen and oxygen atoms in total. The van der Waals surface area contributed by atoms with Crippen LogP contribution in [-0.4, -0.2) is 68.0 Å². The Morgan fingerprint density at radius 1 is 0.969 bits per heavy atom. The third-order valence-corrected chi connectivity index (χ3v) is 6.86. The van der Waals surface area contributed by atoms with Gasteiger partial charge in [0.05, 0.1) is 6.61 Å². The van der Waals surface area contributed by atoms with Gasteiger partial charge in [-0.15, -0.1) is 0 Å². The quantitative estimate of drug-likeness (QED) is 0.412. The van der Waals surface area contributed by atoms with Crippen molar-refractivity contribution in [3.05, 3.63) is 53.1 Å². The Morgan fingerprint density at radius 3 is 2.31 bits per heavy atom. The number of hydrogen-bond acceptors (Lipinski definition) is 8. The molecule has 32 heavy (non-hydrogen) atoms. The number of ether oxygens (including phenoxy) is 2. The number of phenolic OH excluding ortho intramolecular Hbond substituents is 2. The molecule has 0 aromatic heterocycles. The summed E-state index contributed by atoms with van der Waals surface area (Å²) in [5.74, 6) is 0.776. The lowest BCUT2D eigenvalue weighted by atomic mass is 9.68. The topological polar surface area (TPSA) is 140 Å². The van der Waals surface area contributed by atoms with Crippen LogP contribution < -0.4 is 4.74 Å². The first-order valence-corrected chi connectivity index (χ1v) is 10.8. The minimum atomic E-state index is -1.56. The van der Waals surface area contributed by atoms with Gasteiger partial charge in [-0.25, -0.2) is 0 Å². The summed E-state index contributed by atoms with van der Waals surface area (Å²) in [7, 11) is 0. The Labute approximate surface area is 186 Å². The van der Waals surface area contributed by atoms with Crippen molar-refractivity contribution in [2.45, 2.75) is 56.9 Å². The highest BCUT2D eigenvalue weighted by atomic mass is 16.7. The fourth-order valence-corrected chi connectivity index (χ4v) is 4.79. The van der Waals surface area contributed by atoms with Crippen LogP contribution in [0.3, 0.4) is 0 Å². The molecule has 4 rings (SSSR count). The van der Waals surface area contributed by atoms with Crippen LogP contribution >= 0.6 is 0 Å². The van der Waals surface area contributed by atoms with Crippen molar-refractivity contribution in [3.63, 3.8) is 0 Å². The highest BCUT2D eigenvalue weighted by molar-refractivity contribution is 5.52. The van der Waals surface area contributed by atoms with Crippen LogP contribution in [0.25, 0.3) is 0 Å². The van der Waals surface area contributed by atoms with Gasteiger partial charge in [-0.3, -0.25) is 0 Å². The first-order chi connectivity index (χ1) is 15.2. The molecule has 1 saturated heterocycles. The average molecular weight is 446 g/mol. The summed E-state index contributed by atoms with van der Waals surface area (Å²) in [4.78, 5) is 0. The summed E-state index contributed by atoms with van der Waals surface area (Å²) in [6, 6.07) is 10.4. The number of benzene rings is 2. The van der Waals surface area contributed by atoms with Gasteiger partial charge in [0.2, 0.25) is 6.29 Å². The second kappa shape index (κ2) is 8.88. The van der Waals surface area contributed by atoms with Gasteiger partial charge in [0, 0.05) is 5.92 Å². The van der Waals surface area contributed by atoms with E-state index in [0.29, 0.717) is 11.8 Å². The molecule has 0 saturated carbocycles. The highest BCUT2D eigenvalue weighted by Gasteiger charge is 2.45. The van der Waals surface area contributed by atoms with E-state index in [1.54, 1.807) is 24.3 Å². The summed E-state index contributed by atoms with van der Waals surface area (Å²) >= 11 is 0. The lowest BCUT2D eigenvalue weighted by Crippen LogP contribution is -2.60. The molecule has 0 unspecified atom stereocenters. The zero-order valence-electron chi connectivity index (χ0n) is 18.0. The Balaban J connectivity index is 1.66. The van der Waals surface area contributed by atoms with Crippen molar-refractivity contribution in [2.24, 2.45) is 11.8 Å². The van der Waals surface area contributed by atoms with E-state index in [0.717, 1.165) is 23.1 Å². The molecular formula is C24H30O8. The van der Waals surface area contributed by atoms with E-state index in [-0.39, 0.29) is 23.2 Å². The molecule has 1 fully saturated rings. The number of hydrogen-bond donors (Lipinski definition) is 6. The summed E-state index contributed by atoms with van der Waals surface area (Å²) in [6.45, 7) is 3.76. The minimum absolute atomic E-state index is 0.0153. The van der Waals surface area contributed by atoms with Crippen LogP contribution in [0.15, 0.2) is 36.4 Å². The van der Waals surface area contributed by atoms with E-state index in [2.05, 4.69) is 13.8 Å². The smallest absolute Gasteiger partial charge is 0.229 e. The van der Waals surface area contributed by atoms with Gasteiger partial charge >= 0.3 is 0 Å². The first kappa shape index (κ1) is 22.8. The van der Waals surface area contributed by atoms with E-state index in [1.165, 1.54) is 0 Å². The summed E-state index contributed by atoms with van der Waals surface area (Å²) < 4.78 is 11.1. The molecule has 1 aliphatic carbocycles. The van der Waals surface area contributed by atoms with Crippen LogP contribution in [0.1, 0.15) is 36.5 Å². The molecule has 174 valence electrons. The van der Waals surface area contributed by atoms with Crippen molar-refractivity contribution >= 4 is 0 Å². The maximum Gasteiger partial charge on any atom is 0.229 e. The minimum Gasteiger partial charge on any atom is -0.508 e. The van der Waals surface area contributed by atoms with Gasteiger partial charge in [0.15, 0.2) is 11.5 Å². The molecule has 0 amide bonds. The standard InChI is InChI=1S/C24H30O8/c1-11-7-14-8-18(31-24-23(30)22(29)21(28)19(10-25)32-24)17(27)9-16(14)20(12(11)2)13-3-5-15(26)6-4-13/h3-6,8-9,11-12,19-30H,7,10H2,1-2H3/t11-,12-,19-,20-,21-,22+,23-,24-/m1/s1. The maximum absolute atomic E-state index is 10.7. The van der Waals surface area contributed by atoms with Gasteiger partial charge in [0.25, 0.3) is 0 Å². The Hall–Kier alpha value is -2.36. The van der Waals surface area contributed by atoms with Crippen molar-refractivity contribution in [3.8, 4) is 17.2 Å². The zero-order valence-corrected chi connectivity index (χ0v) is 18.0. The van der Waals surface area contributed by atoms with E-state index < -0.39 is 37.3 Å². The van der Waals surface area contributed by atoms with Crippen molar-refractivity contribution in [2.75, 3.05) is 6.61 Å². The van der Waals surface area contributed by atoms with Gasteiger partial charge in [0.1, 0.15) is 30.2 Å². The van der Waals surface area contributed by atoms with Gasteiger partial charge < -0.3 is 40.1 Å². The fourth-order valence-electron chi connectivity index (χ4n) is 4.79. The van der Waals surface area contributed by atoms with Crippen molar-refractivity contribution < 1.29 is 40.1 Å². The van der Waals surface area contributed by atoms with E-state index in [4.69, 9.17) is 9.47 Å². The van der Waals surface area contributed by atoms with Crippen LogP contribution in [0, 0.1) is 11.8 Å². The predicted molar refractivity (Wildman–Crippen MR) is 114 cm³/mol. The molecule has 2 aromatic carbocycles. The second-order valence-electron chi connectivity index (χ2n) is 8.94. The number of aliphatic hydroxyl groups excluding tert-OH is 4. The monoisotopic (exact) mass is 446 g/mol. The van der Waals surface area contributed by atoms with Gasteiger partial charge in [-0.2, -0.15) is 0 Å². The van der Waals surface area contributed by atoms with Gasteiger partial charge in [-0.05, 0) is 59.2 Å². The van der Waals surface area contributed by atoms with E-state index >= 15 is 0 Å². The normalized spacial score (nSPS) is 34.7.